The average Bonchev–Trinajstić information content (AvgIpc) is 3.09. The van der Waals surface area contributed by atoms with Gasteiger partial charge in [0.25, 0.3) is 5.56 Å². The number of halogens is 1. The average molecular weight is 325 g/mol. The van der Waals surface area contributed by atoms with Gasteiger partial charge in [-0.2, -0.15) is 0 Å². The van der Waals surface area contributed by atoms with E-state index in [-0.39, 0.29) is 11.6 Å². The van der Waals surface area contributed by atoms with Gasteiger partial charge in [0.2, 0.25) is 0 Å². The second-order valence-corrected chi connectivity index (χ2v) is 6.49. The molecule has 0 N–H and O–H groups in total. The highest BCUT2D eigenvalue weighted by Crippen LogP contribution is 2.32. The summed E-state index contributed by atoms with van der Waals surface area (Å²) in [6.45, 7) is 0. The summed E-state index contributed by atoms with van der Waals surface area (Å²) in [6, 6.07) is 13.8. The largest absolute Gasteiger partial charge is 0.305 e. The highest BCUT2D eigenvalue weighted by Gasteiger charge is 2.22. The third-order valence-electron chi connectivity index (χ3n) is 4.66. The van der Waals surface area contributed by atoms with Crippen LogP contribution in [-0.4, -0.2) is 9.55 Å². The summed E-state index contributed by atoms with van der Waals surface area (Å²) >= 11 is 6.08. The van der Waals surface area contributed by atoms with Crippen molar-refractivity contribution in [2.45, 2.75) is 31.7 Å². The molecule has 1 aliphatic carbocycles. The van der Waals surface area contributed by atoms with Crippen molar-refractivity contribution in [3.8, 4) is 11.1 Å². The Labute approximate surface area is 139 Å². The molecule has 116 valence electrons. The Hall–Kier alpha value is -2.13. The monoisotopic (exact) mass is 324 g/mol. The van der Waals surface area contributed by atoms with Crippen molar-refractivity contribution in [2.24, 2.45) is 0 Å². The maximum Gasteiger partial charge on any atom is 0.259 e. The van der Waals surface area contributed by atoms with Crippen LogP contribution in [0.3, 0.4) is 0 Å². The molecule has 1 aromatic carbocycles. The fourth-order valence-electron chi connectivity index (χ4n) is 3.56. The first kappa shape index (κ1) is 14.5. The van der Waals surface area contributed by atoms with Crippen LogP contribution in [0.1, 0.15) is 31.7 Å². The molecule has 0 unspecified atom stereocenters. The van der Waals surface area contributed by atoms with Crippen molar-refractivity contribution in [2.75, 3.05) is 0 Å². The number of nitrogens with zero attached hydrogens (tertiary/aromatic N) is 2. The summed E-state index contributed by atoms with van der Waals surface area (Å²) in [5.74, 6) is 0. The molecule has 4 heteroatoms. The van der Waals surface area contributed by atoms with E-state index in [2.05, 4.69) is 4.98 Å². The number of benzene rings is 1. The van der Waals surface area contributed by atoms with Crippen molar-refractivity contribution in [3.63, 3.8) is 0 Å². The van der Waals surface area contributed by atoms with Crippen LogP contribution in [-0.2, 0) is 0 Å². The number of pyridine rings is 2. The molecular formula is C19H17ClN2O. The molecule has 1 fully saturated rings. The lowest BCUT2D eigenvalue weighted by Gasteiger charge is -2.18. The van der Waals surface area contributed by atoms with Gasteiger partial charge in [-0.3, -0.25) is 4.79 Å². The van der Waals surface area contributed by atoms with Gasteiger partial charge in [-0.15, -0.1) is 0 Å². The topological polar surface area (TPSA) is 34.9 Å². The Balaban J connectivity index is 2.04. The maximum absolute atomic E-state index is 13.2. The fraction of sp³-hybridized carbons (Fsp3) is 0.263. The molecule has 1 saturated carbocycles. The van der Waals surface area contributed by atoms with Gasteiger partial charge in [0, 0.05) is 23.2 Å². The molecule has 0 saturated heterocycles. The Morgan fingerprint density at radius 2 is 1.83 bits per heavy atom. The van der Waals surface area contributed by atoms with Crippen LogP contribution in [0.15, 0.2) is 53.5 Å². The third-order valence-corrected chi connectivity index (χ3v) is 4.87. The number of rotatable bonds is 2. The summed E-state index contributed by atoms with van der Waals surface area (Å²) in [5.41, 5.74) is 2.63. The molecule has 0 bridgehead atoms. The van der Waals surface area contributed by atoms with E-state index in [1.54, 1.807) is 6.20 Å². The van der Waals surface area contributed by atoms with Crippen LogP contribution in [0.25, 0.3) is 22.0 Å². The normalized spacial score (nSPS) is 15.3. The molecule has 0 atom stereocenters. The zero-order chi connectivity index (χ0) is 15.8. The van der Waals surface area contributed by atoms with E-state index < -0.39 is 0 Å². The van der Waals surface area contributed by atoms with Crippen molar-refractivity contribution in [1.29, 1.82) is 0 Å². The molecule has 0 amide bonds. The first-order valence-corrected chi connectivity index (χ1v) is 8.38. The van der Waals surface area contributed by atoms with Crippen LogP contribution >= 0.6 is 11.6 Å². The van der Waals surface area contributed by atoms with E-state index in [1.165, 1.54) is 12.8 Å². The lowest BCUT2D eigenvalue weighted by molar-refractivity contribution is 0.520. The Bertz CT molecular complexity index is 912. The second-order valence-electron chi connectivity index (χ2n) is 6.10. The molecule has 3 aromatic rings. The van der Waals surface area contributed by atoms with Crippen molar-refractivity contribution < 1.29 is 0 Å². The zero-order valence-corrected chi connectivity index (χ0v) is 13.5. The molecule has 0 spiro atoms. The van der Waals surface area contributed by atoms with Gasteiger partial charge >= 0.3 is 0 Å². The predicted molar refractivity (Wildman–Crippen MR) is 94.0 cm³/mol. The molecule has 1 aliphatic rings. The van der Waals surface area contributed by atoms with E-state index in [1.807, 2.05) is 47.0 Å². The predicted octanol–water partition coefficient (Wildman–Crippen LogP) is 4.83. The fourth-order valence-corrected chi connectivity index (χ4v) is 3.71. The molecule has 2 aromatic heterocycles. The van der Waals surface area contributed by atoms with Crippen LogP contribution in [0.4, 0.5) is 0 Å². The van der Waals surface area contributed by atoms with E-state index in [0.29, 0.717) is 5.15 Å². The Morgan fingerprint density at radius 3 is 2.57 bits per heavy atom. The standard InChI is InChI=1S/C19H17ClN2O/c20-18-11-17-14(12-21-18)10-16(13-6-2-1-3-7-13)19(23)22(17)15-8-4-5-9-15/h1-3,6-7,10-12,15H,4-5,8-9H2. The van der Waals surface area contributed by atoms with Gasteiger partial charge in [0.15, 0.2) is 0 Å². The Morgan fingerprint density at radius 1 is 1.09 bits per heavy atom. The number of fused-ring (bicyclic) bond motifs is 1. The van der Waals surface area contributed by atoms with Crippen LogP contribution in [0.5, 0.6) is 0 Å². The summed E-state index contributed by atoms with van der Waals surface area (Å²) in [7, 11) is 0. The minimum absolute atomic E-state index is 0.0675. The molecular weight excluding hydrogens is 308 g/mol. The van der Waals surface area contributed by atoms with Crippen molar-refractivity contribution in [3.05, 3.63) is 64.2 Å². The van der Waals surface area contributed by atoms with Crippen LogP contribution < -0.4 is 5.56 Å². The summed E-state index contributed by atoms with van der Waals surface area (Å²) in [4.78, 5) is 17.4. The minimum atomic E-state index is 0.0675. The minimum Gasteiger partial charge on any atom is -0.305 e. The number of hydrogen-bond donors (Lipinski definition) is 0. The third kappa shape index (κ3) is 2.55. The molecule has 3 nitrogen and oxygen atoms in total. The highest BCUT2D eigenvalue weighted by molar-refractivity contribution is 6.30. The summed E-state index contributed by atoms with van der Waals surface area (Å²) in [6.07, 6.45) is 6.20. The van der Waals surface area contributed by atoms with Gasteiger partial charge in [-0.1, -0.05) is 54.8 Å². The van der Waals surface area contributed by atoms with Crippen LogP contribution in [0.2, 0.25) is 5.15 Å². The molecule has 23 heavy (non-hydrogen) atoms. The van der Waals surface area contributed by atoms with Gasteiger partial charge in [-0.05, 0) is 30.5 Å². The first-order chi connectivity index (χ1) is 11.2. The Kier molecular flexibility index (Phi) is 3.66. The smallest absolute Gasteiger partial charge is 0.259 e. The van der Waals surface area contributed by atoms with E-state index in [4.69, 9.17) is 11.6 Å². The lowest BCUT2D eigenvalue weighted by Crippen LogP contribution is -2.25. The SMILES string of the molecule is O=c1c(-c2ccccc2)cc2cnc(Cl)cc2n1C1CCCC1. The molecule has 0 radical (unpaired) electrons. The van der Waals surface area contributed by atoms with Gasteiger partial charge < -0.3 is 4.57 Å². The molecule has 2 heterocycles. The second kappa shape index (κ2) is 5.82. The molecule has 4 rings (SSSR count). The van der Waals surface area contributed by atoms with Gasteiger partial charge in [0.1, 0.15) is 5.15 Å². The number of aromatic nitrogens is 2. The quantitative estimate of drug-likeness (QED) is 0.633. The van der Waals surface area contributed by atoms with E-state index in [0.717, 1.165) is 34.9 Å². The van der Waals surface area contributed by atoms with Crippen molar-refractivity contribution in [1.82, 2.24) is 9.55 Å². The van der Waals surface area contributed by atoms with Gasteiger partial charge in [-0.25, -0.2) is 4.98 Å². The van der Waals surface area contributed by atoms with Gasteiger partial charge in [0.05, 0.1) is 5.52 Å². The van der Waals surface area contributed by atoms with Crippen LogP contribution in [0, 0.1) is 0 Å². The van der Waals surface area contributed by atoms with Crippen molar-refractivity contribution >= 4 is 22.5 Å². The van der Waals surface area contributed by atoms with E-state index >= 15 is 0 Å². The first-order valence-electron chi connectivity index (χ1n) is 8.00. The van der Waals surface area contributed by atoms with E-state index in [9.17, 15) is 4.79 Å². The highest BCUT2D eigenvalue weighted by atomic mass is 35.5. The summed E-state index contributed by atoms with van der Waals surface area (Å²) < 4.78 is 1.94. The summed E-state index contributed by atoms with van der Waals surface area (Å²) in [5, 5.41) is 1.39. The molecule has 0 aliphatic heterocycles. The zero-order valence-electron chi connectivity index (χ0n) is 12.7. The maximum atomic E-state index is 13.2. The lowest BCUT2D eigenvalue weighted by atomic mass is 10.0. The number of hydrogen-bond acceptors (Lipinski definition) is 2.